The van der Waals surface area contributed by atoms with Gasteiger partial charge in [-0.2, -0.15) is 13.2 Å². The molecule has 0 spiro atoms. The normalized spacial score (nSPS) is 11.2. The van der Waals surface area contributed by atoms with Crippen molar-refractivity contribution in [2.24, 2.45) is 0 Å². The molecule has 0 bridgehead atoms. The number of nitrogens with zero attached hydrogens (tertiary/aromatic N) is 1. The van der Waals surface area contributed by atoms with Gasteiger partial charge in [-0.3, -0.25) is 4.79 Å². The zero-order valence-corrected chi connectivity index (χ0v) is 20.2. The Hall–Kier alpha value is -4.08. The van der Waals surface area contributed by atoms with Crippen molar-refractivity contribution in [2.75, 3.05) is 13.7 Å². The predicted octanol–water partition coefficient (Wildman–Crippen LogP) is 5.88. The number of hydrogen-bond donors (Lipinski definition) is 2. The van der Waals surface area contributed by atoms with Gasteiger partial charge in [-0.25, -0.2) is 9.18 Å². The first kappa shape index (κ1) is 27.5. The number of nitrogens with one attached hydrogen (secondary N) is 1. The van der Waals surface area contributed by atoms with Gasteiger partial charge in [-0.15, -0.1) is 0 Å². The van der Waals surface area contributed by atoms with E-state index < -0.39 is 29.7 Å². The average Bonchev–Trinajstić information content (AvgIpc) is 2.85. The second-order valence-electron chi connectivity index (χ2n) is 8.23. The summed E-state index contributed by atoms with van der Waals surface area (Å²) in [5, 5.41) is 12.0. The Labute approximate surface area is 211 Å². The van der Waals surface area contributed by atoms with Crippen LogP contribution in [0.5, 0.6) is 5.75 Å². The van der Waals surface area contributed by atoms with Crippen LogP contribution in [-0.2, 0) is 30.5 Å². The first-order chi connectivity index (χ1) is 17.5. The number of amides is 2. The van der Waals surface area contributed by atoms with E-state index in [9.17, 15) is 32.3 Å². The molecule has 0 unspecified atom stereocenters. The third kappa shape index (κ3) is 6.99. The number of aliphatic carboxylic acids is 1. The fourth-order valence-corrected chi connectivity index (χ4v) is 3.92. The second-order valence-corrected chi connectivity index (χ2v) is 8.23. The van der Waals surface area contributed by atoms with E-state index in [1.54, 1.807) is 43.3 Å². The van der Waals surface area contributed by atoms with Gasteiger partial charge >= 0.3 is 18.2 Å². The molecule has 10 heteroatoms. The van der Waals surface area contributed by atoms with Crippen LogP contribution in [0.1, 0.15) is 29.2 Å². The van der Waals surface area contributed by atoms with Crippen molar-refractivity contribution >= 4 is 12.0 Å². The number of carbonyl (C=O) groups excluding carboxylic acids is 1. The zero-order chi connectivity index (χ0) is 27.2. The molecule has 0 saturated carbocycles. The number of methoxy groups -OCH3 is 1. The summed E-state index contributed by atoms with van der Waals surface area (Å²) in [6, 6.07) is 14.2. The van der Waals surface area contributed by atoms with Gasteiger partial charge in [-0.1, -0.05) is 36.4 Å². The Morgan fingerprint density at radius 1 is 1.00 bits per heavy atom. The number of ether oxygens (including phenoxy) is 1. The van der Waals surface area contributed by atoms with Crippen LogP contribution in [0, 0.1) is 5.82 Å². The third-order valence-corrected chi connectivity index (χ3v) is 5.77. The Balaban J connectivity index is 1.94. The fraction of sp³-hybridized carbons (Fsp3) is 0.259. The molecule has 0 radical (unpaired) electrons. The van der Waals surface area contributed by atoms with Crippen molar-refractivity contribution in [3.63, 3.8) is 0 Å². The maximum Gasteiger partial charge on any atom is 0.416 e. The standard InChI is InChI=1S/C27H26F4N2O4/c1-3-33(26(36)32-15-17-8-10-20(28)11-9-17)16-18-6-4-5-7-21(18)22-12-19(13-25(34)35)23(27(29,30)31)14-24(22)37-2/h4-12,14H,3,13,15-16H2,1-2H3,(H,32,36)(H,34,35). The molecule has 2 amide bonds. The zero-order valence-electron chi connectivity index (χ0n) is 20.2. The summed E-state index contributed by atoms with van der Waals surface area (Å²) in [4.78, 5) is 25.6. The highest BCUT2D eigenvalue weighted by molar-refractivity contribution is 5.79. The molecule has 0 aliphatic carbocycles. The molecule has 0 aliphatic rings. The Morgan fingerprint density at radius 2 is 1.68 bits per heavy atom. The van der Waals surface area contributed by atoms with Crippen LogP contribution < -0.4 is 10.1 Å². The molecule has 3 aromatic carbocycles. The summed E-state index contributed by atoms with van der Waals surface area (Å²) in [7, 11) is 1.24. The number of benzene rings is 3. The van der Waals surface area contributed by atoms with Crippen molar-refractivity contribution in [1.29, 1.82) is 0 Å². The molecular weight excluding hydrogens is 492 g/mol. The molecule has 0 atom stereocenters. The van der Waals surface area contributed by atoms with E-state index in [1.165, 1.54) is 30.2 Å². The minimum atomic E-state index is -4.77. The van der Waals surface area contributed by atoms with Crippen LogP contribution in [0.2, 0.25) is 0 Å². The summed E-state index contributed by atoms with van der Waals surface area (Å²) < 4.78 is 59.3. The minimum absolute atomic E-state index is 0.0716. The van der Waals surface area contributed by atoms with E-state index in [2.05, 4.69) is 5.32 Å². The first-order valence-electron chi connectivity index (χ1n) is 11.4. The molecule has 3 rings (SSSR count). The number of carbonyl (C=O) groups is 2. The third-order valence-electron chi connectivity index (χ3n) is 5.77. The molecule has 3 aromatic rings. The number of halogens is 4. The van der Waals surface area contributed by atoms with Crippen LogP contribution in [-0.4, -0.2) is 35.7 Å². The highest BCUT2D eigenvalue weighted by Gasteiger charge is 2.35. The van der Waals surface area contributed by atoms with Gasteiger partial charge in [0.1, 0.15) is 11.6 Å². The topological polar surface area (TPSA) is 78.9 Å². The number of hydrogen-bond acceptors (Lipinski definition) is 3. The Kier molecular flexibility index (Phi) is 8.75. The molecule has 0 heterocycles. The van der Waals surface area contributed by atoms with Crippen molar-refractivity contribution < 1.29 is 37.0 Å². The molecule has 0 aliphatic heterocycles. The fourth-order valence-electron chi connectivity index (χ4n) is 3.92. The van der Waals surface area contributed by atoms with Crippen LogP contribution >= 0.6 is 0 Å². The molecule has 37 heavy (non-hydrogen) atoms. The lowest BCUT2D eigenvalue weighted by atomic mass is 9.93. The summed E-state index contributed by atoms with van der Waals surface area (Å²) >= 11 is 0. The predicted molar refractivity (Wildman–Crippen MR) is 129 cm³/mol. The van der Waals surface area contributed by atoms with E-state index in [1.807, 2.05) is 0 Å². The van der Waals surface area contributed by atoms with Crippen LogP contribution in [0.15, 0.2) is 60.7 Å². The average molecular weight is 519 g/mol. The molecular formula is C27H26F4N2O4. The summed E-state index contributed by atoms with van der Waals surface area (Å²) in [6.07, 6.45) is -5.58. The van der Waals surface area contributed by atoms with Crippen molar-refractivity contribution in [3.8, 4) is 16.9 Å². The number of alkyl halides is 3. The molecule has 0 aromatic heterocycles. The maximum absolute atomic E-state index is 13.6. The first-order valence-corrected chi connectivity index (χ1v) is 11.4. The van der Waals surface area contributed by atoms with Gasteiger partial charge in [0.15, 0.2) is 0 Å². The number of carboxylic acids is 1. The van der Waals surface area contributed by atoms with E-state index in [0.717, 1.165) is 6.07 Å². The van der Waals surface area contributed by atoms with Crippen molar-refractivity contribution in [1.82, 2.24) is 10.2 Å². The molecule has 196 valence electrons. The monoisotopic (exact) mass is 518 g/mol. The summed E-state index contributed by atoms with van der Waals surface area (Å²) in [5.41, 5.74) is 0.653. The quantitative estimate of drug-likeness (QED) is 0.347. The highest BCUT2D eigenvalue weighted by atomic mass is 19.4. The van der Waals surface area contributed by atoms with Crippen molar-refractivity contribution in [3.05, 3.63) is 88.7 Å². The van der Waals surface area contributed by atoms with E-state index >= 15 is 0 Å². The highest BCUT2D eigenvalue weighted by Crippen LogP contribution is 2.41. The van der Waals surface area contributed by atoms with E-state index in [4.69, 9.17) is 4.74 Å². The van der Waals surface area contributed by atoms with Gasteiger partial charge in [0.2, 0.25) is 0 Å². The molecule has 0 fully saturated rings. The van der Waals surface area contributed by atoms with Gasteiger partial charge in [0.25, 0.3) is 0 Å². The van der Waals surface area contributed by atoms with Gasteiger partial charge in [0.05, 0.1) is 19.1 Å². The summed E-state index contributed by atoms with van der Waals surface area (Å²) in [6.45, 7) is 2.42. The minimum Gasteiger partial charge on any atom is -0.496 e. The largest absolute Gasteiger partial charge is 0.496 e. The Bertz CT molecular complexity index is 1260. The second kappa shape index (κ2) is 11.8. The smallest absolute Gasteiger partial charge is 0.416 e. The lowest BCUT2D eigenvalue weighted by Crippen LogP contribution is -2.39. The number of carboxylic acid groups (broad SMARTS) is 1. The lowest BCUT2D eigenvalue weighted by molar-refractivity contribution is -0.139. The van der Waals surface area contributed by atoms with Gasteiger partial charge < -0.3 is 20.1 Å². The molecule has 2 N–H and O–H groups in total. The molecule has 0 saturated heterocycles. The molecule has 6 nitrogen and oxygen atoms in total. The van der Waals surface area contributed by atoms with Gasteiger partial charge in [0, 0.05) is 25.2 Å². The summed E-state index contributed by atoms with van der Waals surface area (Å²) in [5.74, 6) is -1.85. The van der Waals surface area contributed by atoms with E-state index in [0.29, 0.717) is 23.2 Å². The van der Waals surface area contributed by atoms with Gasteiger partial charge in [-0.05, 0) is 53.4 Å². The number of urea groups is 1. The number of rotatable bonds is 9. The van der Waals surface area contributed by atoms with Crippen LogP contribution in [0.25, 0.3) is 11.1 Å². The van der Waals surface area contributed by atoms with Crippen LogP contribution in [0.4, 0.5) is 22.4 Å². The lowest BCUT2D eigenvalue weighted by Gasteiger charge is -2.24. The van der Waals surface area contributed by atoms with Crippen molar-refractivity contribution in [2.45, 2.75) is 32.6 Å². The van der Waals surface area contributed by atoms with E-state index in [-0.39, 0.29) is 36.3 Å². The van der Waals surface area contributed by atoms with Crippen LogP contribution in [0.3, 0.4) is 0 Å². The Morgan fingerprint density at radius 3 is 2.27 bits per heavy atom. The SMILES string of the molecule is CCN(Cc1ccccc1-c1cc(CC(=O)O)c(C(F)(F)F)cc1OC)C(=O)NCc1ccc(F)cc1. The maximum atomic E-state index is 13.6.